The van der Waals surface area contributed by atoms with Crippen LogP contribution in [0.15, 0.2) is 53.3 Å². The Bertz CT molecular complexity index is 513. The van der Waals surface area contributed by atoms with Crippen molar-refractivity contribution in [2.24, 2.45) is 0 Å². The van der Waals surface area contributed by atoms with Crippen LogP contribution in [0, 0.1) is 0 Å². The first-order valence-electron chi connectivity index (χ1n) is 5.75. The summed E-state index contributed by atoms with van der Waals surface area (Å²) in [5.74, 6) is 0.648. The smallest absolute Gasteiger partial charge is 0.0540 e. The maximum absolute atomic E-state index is 4.15. The molecule has 0 saturated heterocycles. The van der Waals surface area contributed by atoms with Gasteiger partial charge in [-0.15, -0.1) is 0 Å². The second kappa shape index (κ2) is 4.49. The molecule has 1 fully saturated rings. The zero-order valence-electron chi connectivity index (χ0n) is 9.31. The first-order valence-corrected chi connectivity index (χ1v) is 6.54. The van der Waals surface area contributed by atoms with Gasteiger partial charge in [-0.05, 0) is 34.0 Å². The molecule has 0 spiro atoms. The predicted molar refractivity (Wildman–Crippen MR) is 73.1 cm³/mol. The molecule has 1 aromatic heterocycles. The molecule has 2 nitrogen and oxygen atoms in total. The van der Waals surface area contributed by atoms with Crippen molar-refractivity contribution in [3.63, 3.8) is 0 Å². The molecule has 1 N–H and O–H groups in total. The van der Waals surface area contributed by atoms with Gasteiger partial charge >= 0.3 is 0 Å². The molecule has 3 heteroatoms. The zero-order chi connectivity index (χ0) is 11.7. The predicted octanol–water partition coefficient (Wildman–Crippen LogP) is 3.81. The van der Waals surface area contributed by atoms with Crippen LogP contribution >= 0.6 is 15.9 Å². The van der Waals surface area contributed by atoms with E-state index in [4.69, 9.17) is 0 Å². The molecule has 2 aromatic rings. The standard InChI is InChI=1S/C14H13BrN2/c15-11-6-12(9-16-8-11)17-14-7-13(14)10-4-2-1-3-5-10/h1-6,8-9,13-14,17H,7H2. The van der Waals surface area contributed by atoms with Gasteiger partial charge in [0.15, 0.2) is 0 Å². The van der Waals surface area contributed by atoms with Crippen LogP contribution in [-0.4, -0.2) is 11.0 Å². The van der Waals surface area contributed by atoms with Crippen LogP contribution < -0.4 is 5.32 Å². The fraction of sp³-hybridized carbons (Fsp3) is 0.214. The number of nitrogens with one attached hydrogen (secondary N) is 1. The Kier molecular flexibility index (Phi) is 2.85. The van der Waals surface area contributed by atoms with E-state index in [0.29, 0.717) is 12.0 Å². The summed E-state index contributed by atoms with van der Waals surface area (Å²) in [6.07, 6.45) is 4.87. The van der Waals surface area contributed by atoms with Crippen molar-refractivity contribution in [3.05, 3.63) is 58.8 Å². The number of anilines is 1. The molecule has 17 heavy (non-hydrogen) atoms. The van der Waals surface area contributed by atoms with E-state index in [9.17, 15) is 0 Å². The first kappa shape index (κ1) is 10.8. The lowest BCUT2D eigenvalue weighted by molar-refractivity contribution is 1.04. The van der Waals surface area contributed by atoms with Crippen molar-refractivity contribution in [1.82, 2.24) is 4.98 Å². The summed E-state index contributed by atoms with van der Waals surface area (Å²) in [5, 5.41) is 3.51. The molecule has 0 amide bonds. The SMILES string of the molecule is Brc1cncc(NC2CC2c2ccccc2)c1. The molecule has 1 aliphatic rings. The molecule has 1 aliphatic carbocycles. The normalized spacial score (nSPS) is 22.2. The molecule has 86 valence electrons. The van der Waals surface area contributed by atoms with Crippen LogP contribution in [0.2, 0.25) is 0 Å². The number of pyridine rings is 1. The molecule has 2 atom stereocenters. The van der Waals surface area contributed by atoms with Crippen molar-refractivity contribution in [2.75, 3.05) is 5.32 Å². The highest BCUT2D eigenvalue weighted by molar-refractivity contribution is 9.10. The minimum Gasteiger partial charge on any atom is -0.380 e. The lowest BCUT2D eigenvalue weighted by atomic mass is 10.1. The van der Waals surface area contributed by atoms with Crippen molar-refractivity contribution >= 4 is 21.6 Å². The van der Waals surface area contributed by atoms with Crippen LogP contribution in [0.4, 0.5) is 5.69 Å². The zero-order valence-corrected chi connectivity index (χ0v) is 10.9. The molecule has 2 unspecified atom stereocenters. The van der Waals surface area contributed by atoms with Crippen molar-refractivity contribution in [1.29, 1.82) is 0 Å². The summed E-state index contributed by atoms with van der Waals surface area (Å²) < 4.78 is 1.01. The van der Waals surface area contributed by atoms with E-state index in [-0.39, 0.29) is 0 Å². The van der Waals surface area contributed by atoms with Crippen molar-refractivity contribution in [3.8, 4) is 0 Å². The fourth-order valence-electron chi connectivity index (χ4n) is 2.13. The number of aromatic nitrogens is 1. The van der Waals surface area contributed by atoms with Gasteiger partial charge in [0.25, 0.3) is 0 Å². The number of rotatable bonds is 3. The molecule has 3 rings (SSSR count). The Morgan fingerprint density at radius 3 is 2.76 bits per heavy atom. The van der Waals surface area contributed by atoms with Gasteiger partial charge in [0, 0.05) is 22.6 Å². The lowest BCUT2D eigenvalue weighted by Crippen LogP contribution is -2.04. The van der Waals surface area contributed by atoms with Crippen LogP contribution in [-0.2, 0) is 0 Å². The topological polar surface area (TPSA) is 24.9 Å². The van der Waals surface area contributed by atoms with E-state index in [2.05, 4.69) is 62.6 Å². The van der Waals surface area contributed by atoms with Gasteiger partial charge in [-0.2, -0.15) is 0 Å². The Morgan fingerprint density at radius 2 is 2.00 bits per heavy atom. The lowest BCUT2D eigenvalue weighted by Gasteiger charge is -2.05. The van der Waals surface area contributed by atoms with E-state index in [1.807, 2.05) is 6.20 Å². The average molecular weight is 289 g/mol. The maximum Gasteiger partial charge on any atom is 0.0540 e. The molecular weight excluding hydrogens is 276 g/mol. The Hall–Kier alpha value is -1.35. The van der Waals surface area contributed by atoms with Crippen LogP contribution in [0.3, 0.4) is 0 Å². The third-order valence-corrected chi connectivity index (χ3v) is 3.51. The minimum atomic E-state index is 0.550. The van der Waals surface area contributed by atoms with Gasteiger partial charge in [-0.25, -0.2) is 0 Å². The molecule has 0 aliphatic heterocycles. The number of benzene rings is 1. The number of halogens is 1. The van der Waals surface area contributed by atoms with Gasteiger partial charge in [0.05, 0.1) is 11.9 Å². The van der Waals surface area contributed by atoms with Gasteiger partial charge < -0.3 is 5.32 Å². The number of hydrogen-bond acceptors (Lipinski definition) is 2. The van der Waals surface area contributed by atoms with Gasteiger partial charge in [0.1, 0.15) is 0 Å². The van der Waals surface area contributed by atoms with Crippen molar-refractivity contribution in [2.45, 2.75) is 18.4 Å². The molecule has 0 radical (unpaired) electrons. The van der Waals surface area contributed by atoms with Crippen LogP contribution in [0.5, 0.6) is 0 Å². The summed E-state index contributed by atoms with van der Waals surface area (Å²) in [4.78, 5) is 4.15. The average Bonchev–Trinajstić information content (AvgIpc) is 3.10. The van der Waals surface area contributed by atoms with Gasteiger partial charge in [-0.3, -0.25) is 4.98 Å². The highest BCUT2D eigenvalue weighted by Crippen LogP contribution is 2.42. The second-order valence-electron chi connectivity index (χ2n) is 4.40. The highest BCUT2D eigenvalue weighted by Gasteiger charge is 2.38. The molecular formula is C14H13BrN2. The number of hydrogen-bond donors (Lipinski definition) is 1. The molecule has 1 heterocycles. The van der Waals surface area contributed by atoms with Crippen LogP contribution in [0.25, 0.3) is 0 Å². The largest absolute Gasteiger partial charge is 0.380 e. The summed E-state index contributed by atoms with van der Waals surface area (Å²) >= 11 is 3.43. The quantitative estimate of drug-likeness (QED) is 0.929. The first-order chi connectivity index (χ1) is 8.33. The minimum absolute atomic E-state index is 0.550. The highest BCUT2D eigenvalue weighted by atomic mass is 79.9. The Morgan fingerprint density at radius 1 is 1.18 bits per heavy atom. The number of nitrogens with zero attached hydrogens (tertiary/aromatic N) is 1. The van der Waals surface area contributed by atoms with E-state index in [1.165, 1.54) is 12.0 Å². The third-order valence-electron chi connectivity index (χ3n) is 3.08. The van der Waals surface area contributed by atoms with Gasteiger partial charge in [-0.1, -0.05) is 30.3 Å². The van der Waals surface area contributed by atoms with E-state index in [0.717, 1.165) is 10.2 Å². The summed E-state index contributed by atoms with van der Waals surface area (Å²) in [6, 6.07) is 13.3. The second-order valence-corrected chi connectivity index (χ2v) is 5.31. The summed E-state index contributed by atoms with van der Waals surface area (Å²) in [7, 11) is 0. The Balaban J connectivity index is 1.66. The Labute approximate surface area is 109 Å². The van der Waals surface area contributed by atoms with Crippen molar-refractivity contribution < 1.29 is 0 Å². The van der Waals surface area contributed by atoms with Crippen LogP contribution in [0.1, 0.15) is 17.9 Å². The fourth-order valence-corrected chi connectivity index (χ4v) is 2.49. The molecule has 1 aromatic carbocycles. The third kappa shape index (κ3) is 2.50. The van der Waals surface area contributed by atoms with E-state index >= 15 is 0 Å². The molecule has 0 bridgehead atoms. The molecule has 1 saturated carbocycles. The monoisotopic (exact) mass is 288 g/mol. The van der Waals surface area contributed by atoms with E-state index in [1.54, 1.807) is 6.20 Å². The summed E-state index contributed by atoms with van der Waals surface area (Å²) in [6.45, 7) is 0. The van der Waals surface area contributed by atoms with E-state index < -0.39 is 0 Å². The summed E-state index contributed by atoms with van der Waals surface area (Å²) in [5.41, 5.74) is 2.51. The van der Waals surface area contributed by atoms with Gasteiger partial charge in [0.2, 0.25) is 0 Å². The maximum atomic E-state index is 4.15.